The maximum absolute atomic E-state index is 15.0. The second-order valence-electron chi connectivity index (χ2n) is 14.5. The quantitative estimate of drug-likeness (QED) is 0.194. The number of aromatic nitrogens is 1. The van der Waals surface area contributed by atoms with Gasteiger partial charge in [0.25, 0.3) is 11.8 Å². The number of alkyl halides is 6. The van der Waals surface area contributed by atoms with E-state index in [1.54, 1.807) is 19.1 Å². The number of halogens is 6. The zero-order valence-electron chi connectivity index (χ0n) is 30.4. The van der Waals surface area contributed by atoms with Gasteiger partial charge in [-0.05, 0) is 61.8 Å². The van der Waals surface area contributed by atoms with Crippen molar-refractivity contribution in [3.8, 4) is 11.8 Å². The first-order chi connectivity index (χ1) is 26.5. The number of pyridine rings is 1. The number of carboxylic acids is 1. The Morgan fingerprint density at radius 3 is 2.36 bits per heavy atom. The molecule has 0 radical (unpaired) electrons. The smallest absolute Gasteiger partial charge is 0.425 e. The van der Waals surface area contributed by atoms with E-state index in [0.717, 1.165) is 40.2 Å². The zero-order valence-corrected chi connectivity index (χ0v) is 31.2. The largest absolute Gasteiger partial charge is 0.481 e. The molecule has 1 aromatic carbocycles. The van der Waals surface area contributed by atoms with E-state index in [2.05, 4.69) is 11.1 Å². The van der Waals surface area contributed by atoms with Crippen LogP contribution in [0.5, 0.6) is 5.75 Å². The summed E-state index contributed by atoms with van der Waals surface area (Å²) < 4.78 is 95.7. The highest BCUT2D eigenvalue weighted by atomic mass is 32.1. The maximum Gasteiger partial charge on any atom is 0.425 e. The fourth-order valence-electron chi connectivity index (χ4n) is 8.10. The molecule has 4 heterocycles. The number of benzene rings is 1. The van der Waals surface area contributed by atoms with Crippen LogP contribution in [0, 0.1) is 17.2 Å². The van der Waals surface area contributed by atoms with Crippen LogP contribution in [-0.4, -0.2) is 75.1 Å². The third kappa shape index (κ3) is 8.08. The van der Waals surface area contributed by atoms with Gasteiger partial charge in [-0.2, -0.15) is 31.6 Å². The molecule has 0 spiro atoms. The minimum atomic E-state index is -4.92. The van der Waals surface area contributed by atoms with Crippen molar-refractivity contribution in [2.75, 3.05) is 19.6 Å². The third-order valence-electron chi connectivity index (χ3n) is 11.1. The van der Waals surface area contributed by atoms with Crippen molar-refractivity contribution >= 4 is 29.1 Å². The number of piperidine rings is 2. The highest BCUT2D eigenvalue weighted by molar-refractivity contribution is 7.10. The summed E-state index contributed by atoms with van der Waals surface area (Å²) >= 11 is 0.365. The van der Waals surface area contributed by atoms with E-state index in [9.17, 15) is 51.1 Å². The molecule has 2 atom stereocenters. The number of nitriles is 1. The number of hydrogen-bond acceptors (Lipinski definition) is 8. The molecule has 3 aliphatic rings. The van der Waals surface area contributed by atoms with E-state index in [1.165, 1.54) is 4.90 Å². The molecule has 2 amide bonds. The minimum absolute atomic E-state index is 0.0261. The molecule has 3 aromatic rings. The molecular weight excluding hydrogens is 767 g/mol. The first kappa shape index (κ1) is 41.0. The molecule has 17 heteroatoms. The molecule has 1 saturated carbocycles. The van der Waals surface area contributed by atoms with Gasteiger partial charge in [0.2, 0.25) is 5.60 Å². The average Bonchev–Trinajstić information content (AvgIpc) is 3.63. The van der Waals surface area contributed by atoms with E-state index < -0.39 is 69.2 Å². The summed E-state index contributed by atoms with van der Waals surface area (Å²) in [6.45, 7) is 1.89. The molecule has 1 aliphatic carbocycles. The second kappa shape index (κ2) is 16.0. The summed E-state index contributed by atoms with van der Waals surface area (Å²) in [6, 6.07) is 11.0. The van der Waals surface area contributed by atoms with Crippen molar-refractivity contribution in [1.82, 2.24) is 14.8 Å². The van der Waals surface area contributed by atoms with Crippen molar-refractivity contribution in [1.29, 1.82) is 5.26 Å². The Morgan fingerprint density at radius 1 is 1.02 bits per heavy atom. The summed E-state index contributed by atoms with van der Waals surface area (Å²) in [7, 11) is 0. The van der Waals surface area contributed by atoms with Crippen LogP contribution in [0.4, 0.5) is 26.3 Å². The fourth-order valence-corrected chi connectivity index (χ4v) is 8.78. The van der Waals surface area contributed by atoms with Crippen molar-refractivity contribution < 1.29 is 55.3 Å². The predicted molar refractivity (Wildman–Crippen MR) is 189 cm³/mol. The van der Waals surface area contributed by atoms with E-state index >= 15 is 0 Å². The number of likely N-dealkylation sites (tertiary alicyclic amines) is 2. The number of hydrogen-bond donors (Lipinski definition) is 1. The fraction of sp³-hybridized carbons (Fsp3) is 0.513. The molecule has 2 aliphatic heterocycles. The lowest BCUT2D eigenvalue weighted by molar-refractivity contribution is -0.160. The molecule has 3 fully saturated rings. The molecule has 6 rings (SSSR count). The lowest BCUT2D eigenvalue weighted by atomic mass is 9.71. The van der Waals surface area contributed by atoms with E-state index in [4.69, 9.17) is 9.47 Å². The molecule has 10 nitrogen and oxygen atoms in total. The van der Waals surface area contributed by atoms with Gasteiger partial charge in [-0.25, -0.2) is 0 Å². The number of rotatable bonds is 11. The molecule has 2 saturated heterocycles. The lowest BCUT2D eigenvalue weighted by Gasteiger charge is -2.51. The maximum atomic E-state index is 15.0. The summed E-state index contributed by atoms with van der Waals surface area (Å²) in [4.78, 5) is 45.7. The molecule has 2 aromatic heterocycles. The molecular formula is C39H40F6N4O6S. The molecule has 56 heavy (non-hydrogen) atoms. The number of carboxylic acid groups (broad SMARTS) is 1. The van der Waals surface area contributed by atoms with Crippen molar-refractivity contribution in [2.24, 2.45) is 5.92 Å². The number of aliphatic carboxylic acids is 1. The van der Waals surface area contributed by atoms with Crippen molar-refractivity contribution in [3.63, 3.8) is 0 Å². The number of amides is 2. The van der Waals surface area contributed by atoms with Gasteiger partial charge in [0, 0.05) is 43.7 Å². The Hall–Kier alpha value is -4.69. The molecule has 0 unspecified atom stereocenters. The van der Waals surface area contributed by atoms with Gasteiger partial charge >= 0.3 is 18.3 Å². The van der Waals surface area contributed by atoms with Crippen molar-refractivity contribution in [3.05, 3.63) is 81.3 Å². The van der Waals surface area contributed by atoms with Crippen LogP contribution in [0.2, 0.25) is 0 Å². The number of ether oxygens (including phenoxy) is 2. The van der Waals surface area contributed by atoms with Crippen LogP contribution < -0.4 is 4.74 Å². The minimum Gasteiger partial charge on any atom is -0.481 e. The van der Waals surface area contributed by atoms with Gasteiger partial charge in [-0.15, -0.1) is 11.3 Å². The van der Waals surface area contributed by atoms with Gasteiger partial charge in [0.05, 0.1) is 41.7 Å². The van der Waals surface area contributed by atoms with Crippen LogP contribution >= 0.6 is 11.3 Å². The number of thiophene rings is 1. The molecule has 0 bridgehead atoms. The van der Waals surface area contributed by atoms with Crippen LogP contribution in [-0.2, 0) is 38.7 Å². The summed E-state index contributed by atoms with van der Waals surface area (Å²) in [6.07, 6.45) is -7.26. The first-order valence-corrected chi connectivity index (χ1v) is 19.2. The zero-order chi connectivity index (χ0) is 40.5. The Labute approximate surface area is 323 Å². The standard InChI is InChI=1S/C39H40F6N4O6S/c1-2-7-30-37(55-27-20-31(56-22-27)39(43,44)45,11-6-15-49(30)33(50)32-29(38(40,41)42)10-5-14-47-32)35(53)48-16-12-36(23-46,13-17-48)28-9-4-3-8-24(28)21-54-26-18-25(19-26)34(51)52/h3-5,8-10,14,20,22,25-26,30H,2,6-7,11-13,15-19,21H2,1H3,(H,51,52)/t25?,26?,30-,37-/m1/s1. The van der Waals surface area contributed by atoms with Crippen LogP contribution in [0.1, 0.15) is 90.3 Å². The van der Waals surface area contributed by atoms with Gasteiger partial charge in [-0.3, -0.25) is 19.4 Å². The van der Waals surface area contributed by atoms with Gasteiger partial charge in [-0.1, -0.05) is 37.6 Å². The number of nitrogens with zero attached hydrogens (tertiary/aromatic N) is 4. The van der Waals surface area contributed by atoms with E-state index in [-0.39, 0.29) is 70.2 Å². The van der Waals surface area contributed by atoms with Crippen molar-refractivity contribution in [2.45, 2.75) is 100 Å². The lowest BCUT2D eigenvalue weighted by Crippen LogP contribution is -2.68. The van der Waals surface area contributed by atoms with E-state index in [1.807, 2.05) is 12.1 Å². The molecule has 300 valence electrons. The Balaban J connectivity index is 1.31. The monoisotopic (exact) mass is 806 g/mol. The highest BCUT2D eigenvalue weighted by Crippen LogP contribution is 2.44. The Kier molecular flexibility index (Phi) is 11.7. The van der Waals surface area contributed by atoms with Crippen LogP contribution in [0.3, 0.4) is 0 Å². The van der Waals surface area contributed by atoms with Gasteiger partial charge in [0.1, 0.15) is 16.3 Å². The summed E-state index contributed by atoms with van der Waals surface area (Å²) in [5.41, 5.74) is -3.74. The average molecular weight is 807 g/mol. The van der Waals surface area contributed by atoms with E-state index in [0.29, 0.717) is 36.2 Å². The highest BCUT2D eigenvalue weighted by Gasteiger charge is 2.57. The first-order valence-electron chi connectivity index (χ1n) is 18.3. The number of carbonyl (C=O) groups excluding carboxylic acids is 2. The van der Waals surface area contributed by atoms with Crippen LogP contribution in [0.25, 0.3) is 0 Å². The topological polar surface area (TPSA) is 133 Å². The normalized spacial score (nSPS) is 23.9. The third-order valence-corrected chi connectivity index (χ3v) is 12.0. The second-order valence-corrected chi connectivity index (χ2v) is 15.4. The van der Waals surface area contributed by atoms with Crippen LogP contribution in [0.15, 0.2) is 54.0 Å². The predicted octanol–water partition coefficient (Wildman–Crippen LogP) is 7.87. The molecule has 1 N–H and O–H groups in total. The van der Waals surface area contributed by atoms with Gasteiger partial charge in [0.15, 0.2) is 0 Å². The van der Waals surface area contributed by atoms with Gasteiger partial charge < -0.3 is 24.4 Å². The summed E-state index contributed by atoms with van der Waals surface area (Å²) in [5.74, 6) is -3.33. The Morgan fingerprint density at radius 2 is 1.73 bits per heavy atom. The summed E-state index contributed by atoms with van der Waals surface area (Å²) in [5, 5.41) is 21.0. The number of carbonyl (C=O) groups is 3. The Bertz CT molecular complexity index is 1970. The SMILES string of the molecule is CCC[C@H]1N(C(=O)c2ncccc2C(F)(F)F)CCC[C@]1(Oc1csc(C(F)(F)F)c1)C(=O)N1CCC(C#N)(c2ccccc2COC2CC(C(=O)O)C2)CC1.